The van der Waals surface area contributed by atoms with Gasteiger partial charge in [0, 0.05) is 21.0 Å². The van der Waals surface area contributed by atoms with Gasteiger partial charge < -0.3 is 10.1 Å². The van der Waals surface area contributed by atoms with Gasteiger partial charge in [-0.3, -0.25) is 4.79 Å². The predicted octanol–water partition coefficient (Wildman–Crippen LogP) is 0.793. The van der Waals surface area contributed by atoms with Crippen molar-refractivity contribution in [3.05, 3.63) is 0 Å². The molecule has 0 radical (unpaired) electrons. The van der Waals surface area contributed by atoms with Gasteiger partial charge in [0.25, 0.3) is 0 Å². The maximum absolute atomic E-state index is 10.7. The molecule has 0 aliphatic heterocycles. The van der Waals surface area contributed by atoms with Crippen LogP contribution in [0.2, 0.25) is 0 Å². The Bertz CT molecular complexity index is 109. The molecule has 0 aromatic heterocycles. The molecule has 0 spiro atoms. The molecule has 10 heavy (non-hydrogen) atoms. The van der Waals surface area contributed by atoms with Gasteiger partial charge >= 0.3 is 0 Å². The minimum absolute atomic E-state index is 0. The molecule has 1 amide bonds. The van der Waals surface area contributed by atoms with Crippen LogP contribution < -0.4 is 5.32 Å². The summed E-state index contributed by atoms with van der Waals surface area (Å²) in [5.41, 5.74) is 0. The summed E-state index contributed by atoms with van der Waals surface area (Å²) in [5.74, 6) is 0.0737. The fraction of sp³-hybridized carbons (Fsp3) is 0.857. The number of hydrogen-bond donors (Lipinski definition) is 1. The molecule has 0 heterocycles. The normalized spacial score (nSPS) is 12.7. The molecule has 62 valence electrons. The molecule has 0 aliphatic rings. The van der Waals surface area contributed by atoms with Crippen LogP contribution in [0.15, 0.2) is 0 Å². The molecule has 0 aliphatic carbocycles. The molecule has 0 saturated carbocycles. The van der Waals surface area contributed by atoms with Crippen molar-refractivity contribution in [3.63, 3.8) is 0 Å². The molecular weight excluding hydrogens is 130 g/mol. The largest absolute Gasteiger partial charge is 0.383 e. The van der Waals surface area contributed by atoms with Crippen LogP contribution >= 0.6 is 0 Å². The predicted molar refractivity (Wildman–Crippen MR) is 41.9 cm³/mol. The molecule has 3 nitrogen and oxygen atoms in total. The third-order valence-corrected chi connectivity index (χ3v) is 1.15. The monoisotopic (exact) mass is 147 g/mol. The van der Waals surface area contributed by atoms with Gasteiger partial charge in [-0.1, -0.05) is 6.92 Å². The zero-order valence-electron chi connectivity index (χ0n) is 6.81. The van der Waals surface area contributed by atoms with E-state index in [4.69, 9.17) is 4.74 Å². The van der Waals surface area contributed by atoms with Gasteiger partial charge in [-0.2, -0.15) is 0 Å². The Morgan fingerprint density at radius 2 is 2.40 bits per heavy atom. The standard InChI is InChI=1S/C7H15NO2.H2/c1-4-7(9)8-6(2)5-10-3;/h6H,4-5H2,1-3H3,(H,8,9);1H. The van der Waals surface area contributed by atoms with Crippen molar-refractivity contribution in [1.82, 2.24) is 5.32 Å². The van der Waals surface area contributed by atoms with Crippen LogP contribution in [0.1, 0.15) is 21.7 Å². The summed E-state index contributed by atoms with van der Waals surface area (Å²) >= 11 is 0. The van der Waals surface area contributed by atoms with E-state index in [1.807, 2.05) is 13.8 Å². The molecule has 0 aromatic carbocycles. The fourth-order valence-corrected chi connectivity index (χ4v) is 0.669. The van der Waals surface area contributed by atoms with Crippen molar-refractivity contribution >= 4 is 5.91 Å². The lowest BCUT2D eigenvalue weighted by molar-refractivity contribution is -0.121. The smallest absolute Gasteiger partial charge is 0.220 e. The van der Waals surface area contributed by atoms with Crippen LogP contribution in [-0.2, 0) is 9.53 Å². The second kappa shape index (κ2) is 5.23. The molecular formula is C7H17NO2. The lowest BCUT2D eigenvalue weighted by Crippen LogP contribution is -2.34. The Hall–Kier alpha value is -0.570. The van der Waals surface area contributed by atoms with Crippen molar-refractivity contribution < 1.29 is 11.0 Å². The number of hydrogen-bond acceptors (Lipinski definition) is 2. The highest BCUT2D eigenvalue weighted by molar-refractivity contribution is 5.75. The zero-order valence-corrected chi connectivity index (χ0v) is 6.81. The highest BCUT2D eigenvalue weighted by Crippen LogP contribution is 1.83. The fourth-order valence-electron chi connectivity index (χ4n) is 0.669. The van der Waals surface area contributed by atoms with E-state index in [1.165, 1.54) is 0 Å². The third kappa shape index (κ3) is 4.32. The van der Waals surface area contributed by atoms with Gasteiger partial charge in [0.15, 0.2) is 0 Å². The van der Waals surface area contributed by atoms with Crippen molar-refractivity contribution in [2.75, 3.05) is 13.7 Å². The summed E-state index contributed by atoms with van der Waals surface area (Å²) in [4.78, 5) is 10.7. The minimum atomic E-state index is 0. The number of carbonyl (C=O) groups is 1. The van der Waals surface area contributed by atoms with E-state index < -0.39 is 0 Å². The maximum Gasteiger partial charge on any atom is 0.220 e. The van der Waals surface area contributed by atoms with Crippen LogP contribution in [0.3, 0.4) is 0 Å². The van der Waals surface area contributed by atoms with E-state index in [-0.39, 0.29) is 13.4 Å². The van der Waals surface area contributed by atoms with Gasteiger partial charge in [-0.25, -0.2) is 0 Å². The zero-order chi connectivity index (χ0) is 7.98. The summed E-state index contributed by atoms with van der Waals surface area (Å²) in [6.45, 7) is 4.32. The topological polar surface area (TPSA) is 38.3 Å². The van der Waals surface area contributed by atoms with E-state index in [9.17, 15) is 4.79 Å². The molecule has 1 unspecified atom stereocenters. The first kappa shape index (κ1) is 9.43. The number of carbonyl (C=O) groups excluding carboxylic acids is 1. The van der Waals surface area contributed by atoms with Gasteiger partial charge in [-0.05, 0) is 6.92 Å². The molecule has 3 heteroatoms. The number of methoxy groups -OCH3 is 1. The summed E-state index contributed by atoms with van der Waals surface area (Å²) in [6, 6.07) is 0.123. The second-order valence-electron chi connectivity index (χ2n) is 2.28. The van der Waals surface area contributed by atoms with Crippen LogP contribution in [0.25, 0.3) is 0 Å². The molecule has 0 rings (SSSR count). The van der Waals surface area contributed by atoms with E-state index in [0.29, 0.717) is 13.0 Å². The minimum Gasteiger partial charge on any atom is -0.383 e. The first-order valence-electron chi connectivity index (χ1n) is 3.49. The molecule has 0 aromatic rings. The van der Waals surface area contributed by atoms with E-state index >= 15 is 0 Å². The number of ether oxygens (including phenoxy) is 1. The number of nitrogens with one attached hydrogen (secondary N) is 1. The second-order valence-corrected chi connectivity index (χ2v) is 2.28. The van der Waals surface area contributed by atoms with E-state index in [1.54, 1.807) is 7.11 Å². The van der Waals surface area contributed by atoms with Gasteiger partial charge in [0.05, 0.1) is 6.61 Å². The summed E-state index contributed by atoms with van der Waals surface area (Å²) in [6.07, 6.45) is 0.536. The van der Waals surface area contributed by atoms with Crippen molar-refractivity contribution in [3.8, 4) is 0 Å². The third-order valence-electron chi connectivity index (χ3n) is 1.15. The summed E-state index contributed by atoms with van der Waals surface area (Å²) in [5, 5.41) is 2.77. The van der Waals surface area contributed by atoms with Gasteiger partial charge in [0.2, 0.25) is 5.91 Å². The molecule has 0 fully saturated rings. The highest BCUT2D eigenvalue weighted by atomic mass is 16.5. The Morgan fingerprint density at radius 1 is 1.80 bits per heavy atom. The quantitative estimate of drug-likeness (QED) is 0.638. The first-order chi connectivity index (χ1) is 4.70. The van der Waals surface area contributed by atoms with Crippen molar-refractivity contribution in [1.29, 1.82) is 0 Å². The van der Waals surface area contributed by atoms with Gasteiger partial charge in [-0.15, -0.1) is 0 Å². The Labute approximate surface area is 63.2 Å². The van der Waals surface area contributed by atoms with Crippen LogP contribution in [0.4, 0.5) is 0 Å². The van der Waals surface area contributed by atoms with Crippen LogP contribution in [-0.4, -0.2) is 25.7 Å². The number of amides is 1. The number of rotatable bonds is 4. The van der Waals surface area contributed by atoms with Crippen LogP contribution in [0, 0.1) is 0 Å². The van der Waals surface area contributed by atoms with E-state index in [0.717, 1.165) is 0 Å². The Kier molecular flexibility index (Phi) is 4.94. The molecule has 1 N–H and O–H groups in total. The Balaban J connectivity index is 0. The van der Waals surface area contributed by atoms with Crippen molar-refractivity contribution in [2.45, 2.75) is 26.3 Å². The van der Waals surface area contributed by atoms with E-state index in [2.05, 4.69) is 5.32 Å². The highest BCUT2D eigenvalue weighted by Gasteiger charge is 2.02. The average Bonchev–Trinajstić information content (AvgIpc) is 1.88. The average molecular weight is 147 g/mol. The lowest BCUT2D eigenvalue weighted by Gasteiger charge is -2.10. The lowest BCUT2D eigenvalue weighted by atomic mass is 10.3. The Morgan fingerprint density at radius 3 is 2.80 bits per heavy atom. The molecule has 1 atom stereocenters. The van der Waals surface area contributed by atoms with Crippen LogP contribution in [0.5, 0.6) is 0 Å². The summed E-state index contributed by atoms with van der Waals surface area (Å²) < 4.78 is 4.83. The first-order valence-corrected chi connectivity index (χ1v) is 3.49. The SMILES string of the molecule is CCC(=O)NC(C)COC.[HH]. The van der Waals surface area contributed by atoms with Crippen molar-refractivity contribution in [2.24, 2.45) is 0 Å². The summed E-state index contributed by atoms with van der Waals surface area (Å²) in [7, 11) is 1.62. The molecule has 0 bridgehead atoms. The van der Waals surface area contributed by atoms with Gasteiger partial charge in [0.1, 0.15) is 0 Å². The maximum atomic E-state index is 10.7. The molecule has 0 saturated heterocycles.